The number of hydrogen-bond acceptors (Lipinski definition) is 4. The number of urea groups is 1. The fourth-order valence-corrected chi connectivity index (χ4v) is 2.25. The van der Waals surface area contributed by atoms with E-state index < -0.39 is 18.0 Å². The second kappa shape index (κ2) is 8.47. The van der Waals surface area contributed by atoms with Gasteiger partial charge in [0, 0.05) is 30.1 Å². The number of amides is 2. The molecule has 1 aromatic heterocycles. The number of hydrogen-bond donors (Lipinski definition) is 4. The van der Waals surface area contributed by atoms with Gasteiger partial charge in [-0.05, 0) is 12.7 Å². The Bertz CT molecular complexity index is 424. The van der Waals surface area contributed by atoms with Gasteiger partial charge in [0.15, 0.2) is 0 Å². The van der Waals surface area contributed by atoms with Gasteiger partial charge in [-0.25, -0.2) is 14.6 Å². The number of aliphatic carboxylic acids is 1. The van der Waals surface area contributed by atoms with Crippen molar-refractivity contribution in [2.75, 3.05) is 11.5 Å². The third-order valence-electron chi connectivity index (χ3n) is 2.53. The molecule has 0 aliphatic heterocycles. The zero-order valence-corrected chi connectivity index (χ0v) is 12.4. The van der Waals surface area contributed by atoms with E-state index in [9.17, 15) is 9.59 Å². The van der Waals surface area contributed by atoms with Crippen LogP contribution in [0.5, 0.6) is 0 Å². The molecule has 0 saturated carbocycles. The van der Waals surface area contributed by atoms with Gasteiger partial charge in [-0.3, -0.25) is 0 Å². The first kappa shape index (κ1) is 16.4. The number of carboxylic acid groups (broad SMARTS) is 1. The minimum atomic E-state index is -1.08. The van der Waals surface area contributed by atoms with E-state index in [-0.39, 0.29) is 12.5 Å². The van der Waals surface area contributed by atoms with Crippen LogP contribution in [0.3, 0.4) is 0 Å². The van der Waals surface area contributed by atoms with Crippen LogP contribution in [-0.2, 0) is 11.2 Å². The predicted octanol–water partition coefficient (Wildman–Crippen LogP) is 0.846. The first-order valence-corrected chi connectivity index (χ1v) is 7.53. The molecule has 0 aliphatic carbocycles. The van der Waals surface area contributed by atoms with Crippen LogP contribution in [-0.4, -0.2) is 50.7 Å². The van der Waals surface area contributed by atoms with Crippen LogP contribution in [0.1, 0.15) is 19.5 Å². The van der Waals surface area contributed by atoms with E-state index in [0.717, 1.165) is 11.5 Å². The first-order valence-electron chi connectivity index (χ1n) is 6.37. The van der Waals surface area contributed by atoms with Crippen molar-refractivity contribution in [3.05, 3.63) is 18.2 Å². The van der Waals surface area contributed by atoms with E-state index in [2.05, 4.69) is 20.6 Å². The summed E-state index contributed by atoms with van der Waals surface area (Å²) >= 11 is 1.72. The SMILES string of the molecule is CCSCC(C)NC(=O)NC(Cc1cnc[nH]1)C(=O)O. The number of imidazole rings is 1. The number of aromatic amines is 1. The quantitative estimate of drug-likeness (QED) is 0.569. The first-order chi connectivity index (χ1) is 9.52. The van der Waals surface area contributed by atoms with Gasteiger partial charge in [0.05, 0.1) is 6.33 Å². The van der Waals surface area contributed by atoms with Gasteiger partial charge in [0.25, 0.3) is 0 Å². The normalized spacial score (nSPS) is 13.5. The Morgan fingerprint density at radius 3 is 2.80 bits per heavy atom. The van der Waals surface area contributed by atoms with E-state index in [1.165, 1.54) is 12.5 Å². The van der Waals surface area contributed by atoms with Gasteiger partial charge in [-0.1, -0.05) is 6.92 Å². The zero-order chi connectivity index (χ0) is 15.0. The van der Waals surface area contributed by atoms with E-state index in [1.54, 1.807) is 11.8 Å². The lowest BCUT2D eigenvalue weighted by molar-refractivity contribution is -0.139. The summed E-state index contributed by atoms with van der Waals surface area (Å²) < 4.78 is 0. The van der Waals surface area contributed by atoms with Crippen molar-refractivity contribution in [1.82, 2.24) is 20.6 Å². The molecule has 112 valence electrons. The fraction of sp³-hybridized carbons (Fsp3) is 0.583. The number of nitrogens with one attached hydrogen (secondary N) is 3. The van der Waals surface area contributed by atoms with Crippen LogP contribution < -0.4 is 10.6 Å². The minimum Gasteiger partial charge on any atom is -0.480 e. The molecule has 0 saturated heterocycles. The molecular weight excluding hydrogens is 280 g/mol. The van der Waals surface area contributed by atoms with Crippen molar-refractivity contribution in [2.45, 2.75) is 32.4 Å². The molecule has 0 spiro atoms. The van der Waals surface area contributed by atoms with Crippen molar-refractivity contribution >= 4 is 23.8 Å². The van der Waals surface area contributed by atoms with Crippen molar-refractivity contribution in [2.24, 2.45) is 0 Å². The van der Waals surface area contributed by atoms with Crippen molar-refractivity contribution < 1.29 is 14.7 Å². The molecule has 20 heavy (non-hydrogen) atoms. The van der Waals surface area contributed by atoms with Crippen LogP contribution in [0.25, 0.3) is 0 Å². The molecule has 1 aromatic rings. The highest BCUT2D eigenvalue weighted by Crippen LogP contribution is 2.02. The molecule has 0 aliphatic rings. The Kier molecular flexibility index (Phi) is 6.92. The van der Waals surface area contributed by atoms with Crippen LogP contribution in [0, 0.1) is 0 Å². The molecule has 2 unspecified atom stereocenters. The largest absolute Gasteiger partial charge is 0.480 e. The lowest BCUT2D eigenvalue weighted by atomic mass is 10.2. The molecule has 8 heteroatoms. The third kappa shape index (κ3) is 5.96. The maximum absolute atomic E-state index is 11.7. The Hall–Kier alpha value is -1.70. The smallest absolute Gasteiger partial charge is 0.326 e. The Labute approximate surface area is 121 Å². The van der Waals surface area contributed by atoms with Crippen molar-refractivity contribution in [1.29, 1.82) is 0 Å². The highest BCUT2D eigenvalue weighted by molar-refractivity contribution is 7.99. The monoisotopic (exact) mass is 300 g/mol. The molecule has 0 radical (unpaired) electrons. The van der Waals surface area contributed by atoms with E-state index in [4.69, 9.17) is 5.11 Å². The molecule has 4 N–H and O–H groups in total. The van der Waals surface area contributed by atoms with Gasteiger partial charge in [0.2, 0.25) is 0 Å². The number of carboxylic acids is 1. The summed E-state index contributed by atoms with van der Waals surface area (Å²) in [6.45, 7) is 3.93. The van der Waals surface area contributed by atoms with Gasteiger partial charge in [-0.15, -0.1) is 0 Å². The summed E-state index contributed by atoms with van der Waals surface area (Å²) in [5.41, 5.74) is 0.660. The van der Waals surface area contributed by atoms with Crippen LogP contribution in [0.15, 0.2) is 12.5 Å². The standard InChI is InChI=1S/C12H20N4O3S/c1-3-20-6-8(2)15-12(19)16-10(11(17)18)4-9-5-13-7-14-9/h5,7-8,10H,3-4,6H2,1-2H3,(H,13,14)(H,17,18)(H2,15,16,19). The van der Waals surface area contributed by atoms with Crippen molar-refractivity contribution in [3.8, 4) is 0 Å². The number of thioether (sulfide) groups is 1. The molecule has 1 rings (SSSR count). The van der Waals surface area contributed by atoms with Gasteiger partial charge >= 0.3 is 12.0 Å². The number of carbonyl (C=O) groups excluding carboxylic acids is 1. The highest BCUT2D eigenvalue weighted by Gasteiger charge is 2.21. The Morgan fingerprint density at radius 2 is 2.25 bits per heavy atom. The average molecular weight is 300 g/mol. The van der Waals surface area contributed by atoms with E-state index in [0.29, 0.717) is 5.69 Å². The molecule has 2 amide bonds. The summed E-state index contributed by atoms with van der Waals surface area (Å²) in [5.74, 6) is 0.693. The maximum atomic E-state index is 11.7. The topological polar surface area (TPSA) is 107 Å². The number of H-pyrrole nitrogens is 1. The van der Waals surface area contributed by atoms with Crippen LogP contribution in [0.4, 0.5) is 4.79 Å². The third-order valence-corrected chi connectivity index (χ3v) is 3.68. The number of rotatable bonds is 8. The van der Waals surface area contributed by atoms with Gasteiger partial charge < -0.3 is 20.7 Å². The summed E-state index contributed by atoms with van der Waals surface area (Å²) in [7, 11) is 0. The van der Waals surface area contributed by atoms with Crippen molar-refractivity contribution in [3.63, 3.8) is 0 Å². The van der Waals surface area contributed by atoms with Crippen LogP contribution in [0.2, 0.25) is 0 Å². The maximum Gasteiger partial charge on any atom is 0.326 e. The van der Waals surface area contributed by atoms with Gasteiger partial charge in [-0.2, -0.15) is 11.8 Å². The number of aromatic nitrogens is 2. The molecule has 0 fully saturated rings. The molecule has 2 atom stereocenters. The summed E-state index contributed by atoms with van der Waals surface area (Å²) in [4.78, 5) is 29.5. The predicted molar refractivity (Wildman–Crippen MR) is 77.8 cm³/mol. The minimum absolute atomic E-state index is 0.0125. The summed E-state index contributed by atoms with van der Waals surface area (Å²) in [6.07, 6.45) is 3.18. The second-order valence-electron chi connectivity index (χ2n) is 4.35. The number of carbonyl (C=O) groups is 2. The average Bonchev–Trinajstić information content (AvgIpc) is 2.88. The molecule has 0 bridgehead atoms. The molecule has 0 aromatic carbocycles. The van der Waals surface area contributed by atoms with E-state index in [1.807, 2.05) is 13.8 Å². The summed E-state index contributed by atoms with van der Waals surface area (Å²) in [5, 5.41) is 14.3. The lowest BCUT2D eigenvalue weighted by Crippen LogP contribution is -2.49. The molecule has 7 nitrogen and oxygen atoms in total. The summed E-state index contributed by atoms with van der Waals surface area (Å²) in [6, 6.07) is -1.47. The van der Waals surface area contributed by atoms with Gasteiger partial charge in [0.1, 0.15) is 6.04 Å². The molecule has 1 heterocycles. The lowest BCUT2D eigenvalue weighted by Gasteiger charge is -2.17. The zero-order valence-electron chi connectivity index (χ0n) is 11.5. The molecular formula is C12H20N4O3S. The number of nitrogens with zero attached hydrogens (tertiary/aromatic N) is 1. The Balaban J connectivity index is 2.45. The second-order valence-corrected chi connectivity index (χ2v) is 5.67. The Morgan fingerprint density at radius 1 is 1.50 bits per heavy atom. The highest BCUT2D eigenvalue weighted by atomic mass is 32.2. The van der Waals surface area contributed by atoms with Crippen LogP contribution >= 0.6 is 11.8 Å². The van der Waals surface area contributed by atoms with E-state index >= 15 is 0 Å². The fourth-order valence-electron chi connectivity index (χ4n) is 1.58.